The van der Waals surface area contributed by atoms with E-state index >= 15 is 0 Å². The molecule has 1 heterocycles. The second-order valence-corrected chi connectivity index (χ2v) is 6.27. The molecule has 28 heavy (non-hydrogen) atoms. The summed E-state index contributed by atoms with van der Waals surface area (Å²) < 4.78 is 10.6. The van der Waals surface area contributed by atoms with Gasteiger partial charge in [-0.25, -0.2) is 4.98 Å². The van der Waals surface area contributed by atoms with Gasteiger partial charge in [0.05, 0.1) is 38.2 Å². The van der Waals surface area contributed by atoms with Gasteiger partial charge in [0.25, 0.3) is 0 Å². The normalized spacial score (nSPS) is 10.2. The summed E-state index contributed by atoms with van der Waals surface area (Å²) in [5.41, 5.74) is 3.53. The van der Waals surface area contributed by atoms with Crippen molar-refractivity contribution in [3.05, 3.63) is 71.9 Å². The van der Waals surface area contributed by atoms with E-state index in [0.717, 1.165) is 16.8 Å². The van der Waals surface area contributed by atoms with Crippen LogP contribution in [0.4, 0.5) is 17.2 Å². The van der Waals surface area contributed by atoms with Gasteiger partial charge in [0, 0.05) is 6.07 Å². The molecule has 0 bridgehead atoms. The number of rotatable bonds is 7. The molecule has 0 saturated carbocycles. The van der Waals surface area contributed by atoms with Crippen LogP contribution in [0.25, 0.3) is 0 Å². The average Bonchev–Trinajstić information content (AvgIpc) is 2.71. The highest BCUT2D eigenvalue weighted by Crippen LogP contribution is 2.31. The van der Waals surface area contributed by atoms with Gasteiger partial charge in [-0.2, -0.15) is 0 Å². The van der Waals surface area contributed by atoms with Crippen molar-refractivity contribution in [1.29, 1.82) is 0 Å². The number of pyridine rings is 1. The maximum absolute atomic E-state index is 12.3. The van der Waals surface area contributed by atoms with Crippen molar-refractivity contribution in [3.8, 4) is 11.5 Å². The van der Waals surface area contributed by atoms with Crippen LogP contribution in [0.3, 0.4) is 0 Å². The van der Waals surface area contributed by atoms with Crippen LogP contribution >= 0.6 is 0 Å². The van der Waals surface area contributed by atoms with E-state index < -0.39 is 0 Å². The highest BCUT2D eigenvalue weighted by molar-refractivity contribution is 5.92. The van der Waals surface area contributed by atoms with Gasteiger partial charge in [-0.15, -0.1) is 0 Å². The van der Waals surface area contributed by atoms with Crippen LogP contribution in [-0.4, -0.2) is 25.1 Å². The number of nitrogens with zero attached hydrogens (tertiary/aromatic N) is 1. The monoisotopic (exact) mass is 377 g/mol. The zero-order chi connectivity index (χ0) is 19.9. The Hall–Kier alpha value is -3.54. The Labute approximate surface area is 164 Å². The zero-order valence-corrected chi connectivity index (χ0v) is 16.2. The van der Waals surface area contributed by atoms with Crippen LogP contribution < -0.4 is 20.1 Å². The van der Waals surface area contributed by atoms with Gasteiger partial charge >= 0.3 is 0 Å². The molecular formula is C22H23N3O3. The number of anilines is 3. The predicted molar refractivity (Wildman–Crippen MR) is 111 cm³/mol. The third-order valence-electron chi connectivity index (χ3n) is 4.33. The van der Waals surface area contributed by atoms with Gasteiger partial charge in [-0.05, 0) is 42.3 Å². The lowest BCUT2D eigenvalue weighted by Gasteiger charge is -2.12. The van der Waals surface area contributed by atoms with E-state index in [9.17, 15) is 4.79 Å². The minimum absolute atomic E-state index is 0.0753. The summed E-state index contributed by atoms with van der Waals surface area (Å²) in [4.78, 5) is 16.6. The topological polar surface area (TPSA) is 72.5 Å². The van der Waals surface area contributed by atoms with Crippen LogP contribution in [-0.2, 0) is 11.2 Å². The van der Waals surface area contributed by atoms with Gasteiger partial charge in [0.1, 0.15) is 17.3 Å². The Morgan fingerprint density at radius 2 is 1.86 bits per heavy atom. The van der Waals surface area contributed by atoms with Crippen molar-refractivity contribution in [2.24, 2.45) is 0 Å². The van der Waals surface area contributed by atoms with E-state index in [4.69, 9.17) is 9.47 Å². The fourth-order valence-electron chi connectivity index (χ4n) is 2.77. The Morgan fingerprint density at radius 1 is 1.04 bits per heavy atom. The molecule has 0 spiro atoms. The second-order valence-electron chi connectivity index (χ2n) is 6.27. The van der Waals surface area contributed by atoms with Crippen molar-refractivity contribution in [2.75, 3.05) is 24.9 Å². The van der Waals surface area contributed by atoms with E-state index in [1.165, 1.54) is 0 Å². The molecule has 6 heteroatoms. The van der Waals surface area contributed by atoms with Gasteiger partial charge < -0.3 is 20.1 Å². The molecule has 2 aromatic carbocycles. The standard InChI is InChI=1S/C22H23N3O3/c1-15-6-4-5-7-16(15)12-22(26)24-17-8-11-21(23-14-17)25-19-10-9-18(27-2)13-20(19)28-3/h4-11,13-14H,12H2,1-3H3,(H,23,25)(H,24,26). The molecule has 1 amide bonds. The maximum atomic E-state index is 12.3. The largest absolute Gasteiger partial charge is 0.497 e. The van der Waals surface area contributed by atoms with E-state index in [-0.39, 0.29) is 5.91 Å². The number of ether oxygens (including phenoxy) is 2. The van der Waals surface area contributed by atoms with E-state index in [1.807, 2.05) is 43.3 Å². The van der Waals surface area contributed by atoms with Gasteiger partial charge in [0.2, 0.25) is 5.91 Å². The first-order chi connectivity index (χ1) is 13.6. The molecule has 6 nitrogen and oxygen atoms in total. The smallest absolute Gasteiger partial charge is 0.228 e. The number of carbonyl (C=O) groups excluding carboxylic acids is 1. The summed E-state index contributed by atoms with van der Waals surface area (Å²) in [7, 11) is 3.20. The number of carbonyl (C=O) groups is 1. The van der Waals surface area contributed by atoms with Crippen LogP contribution in [0.5, 0.6) is 11.5 Å². The number of hydrogen-bond donors (Lipinski definition) is 2. The first-order valence-corrected chi connectivity index (χ1v) is 8.88. The molecule has 0 atom stereocenters. The minimum atomic E-state index is -0.0753. The molecule has 144 valence electrons. The van der Waals surface area contributed by atoms with Crippen molar-refractivity contribution >= 4 is 23.1 Å². The predicted octanol–water partition coefficient (Wildman–Crippen LogP) is 4.33. The molecule has 0 radical (unpaired) electrons. The maximum Gasteiger partial charge on any atom is 0.228 e. The van der Waals surface area contributed by atoms with Gasteiger partial charge in [0.15, 0.2) is 0 Å². The molecule has 0 aliphatic heterocycles. The average molecular weight is 377 g/mol. The van der Waals surface area contributed by atoms with E-state index in [2.05, 4.69) is 15.6 Å². The third kappa shape index (κ3) is 4.79. The number of hydrogen-bond acceptors (Lipinski definition) is 5. The lowest BCUT2D eigenvalue weighted by molar-refractivity contribution is -0.115. The van der Waals surface area contributed by atoms with Crippen LogP contribution in [0.2, 0.25) is 0 Å². The number of aryl methyl sites for hydroxylation is 1. The summed E-state index contributed by atoms with van der Waals surface area (Å²) in [6.07, 6.45) is 1.95. The third-order valence-corrected chi connectivity index (χ3v) is 4.33. The lowest BCUT2D eigenvalue weighted by atomic mass is 10.1. The molecule has 0 fully saturated rings. The van der Waals surface area contributed by atoms with Crippen molar-refractivity contribution in [1.82, 2.24) is 4.98 Å². The Kier molecular flexibility index (Phi) is 6.11. The number of nitrogens with one attached hydrogen (secondary N) is 2. The number of benzene rings is 2. The van der Waals surface area contributed by atoms with Crippen molar-refractivity contribution in [2.45, 2.75) is 13.3 Å². The quantitative estimate of drug-likeness (QED) is 0.641. The summed E-state index contributed by atoms with van der Waals surface area (Å²) in [6, 6.07) is 17.0. The van der Waals surface area contributed by atoms with Crippen molar-refractivity contribution in [3.63, 3.8) is 0 Å². The molecule has 1 aromatic heterocycles. The Morgan fingerprint density at radius 3 is 2.54 bits per heavy atom. The van der Waals surface area contributed by atoms with Crippen LogP contribution in [0.1, 0.15) is 11.1 Å². The first-order valence-electron chi connectivity index (χ1n) is 8.88. The SMILES string of the molecule is COc1ccc(Nc2ccc(NC(=O)Cc3ccccc3C)cn2)c(OC)c1. The molecule has 0 saturated heterocycles. The fourth-order valence-corrected chi connectivity index (χ4v) is 2.77. The number of amides is 1. The summed E-state index contributed by atoms with van der Waals surface area (Å²) in [6.45, 7) is 2.00. The Bertz CT molecular complexity index is 955. The second kappa shape index (κ2) is 8.90. The molecular weight excluding hydrogens is 354 g/mol. The molecule has 0 aliphatic rings. The summed E-state index contributed by atoms with van der Waals surface area (Å²) in [5, 5.41) is 6.07. The van der Waals surface area contributed by atoms with Crippen LogP contribution in [0, 0.1) is 6.92 Å². The fraction of sp³-hybridized carbons (Fsp3) is 0.182. The van der Waals surface area contributed by atoms with Crippen molar-refractivity contribution < 1.29 is 14.3 Å². The molecule has 3 rings (SSSR count). The Balaban J connectivity index is 1.64. The number of aromatic nitrogens is 1. The highest BCUT2D eigenvalue weighted by atomic mass is 16.5. The molecule has 0 unspecified atom stereocenters. The lowest BCUT2D eigenvalue weighted by Crippen LogP contribution is -2.15. The molecule has 3 aromatic rings. The number of methoxy groups -OCH3 is 2. The van der Waals surface area contributed by atoms with Gasteiger partial charge in [-0.1, -0.05) is 24.3 Å². The molecule has 0 aliphatic carbocycles. The highest BCUT2D eigenvalue weighted by Gasteiger charge is 2.08. The minimum Gasteiger partial charge on any atom is -0.497 e. The molecule has 2 N–H and O–H groups in total. The van der Waals surface area contributed by atoms with E-state index in [0.29, 0.717) is 29.4 Å². The van der Waals surface area contributed by atoms with Gasteiger partial charge in [-0.3, -0.25) is 4.79 Å². The first kappa shape index (κ1) is 19.2. The van der Waals surface area contributed by atoms with E-state index in [1.54, 1.807) is 38.6 Å². The zero-order valence-electron chi connectivity index (χ0n) is 16.2. The summed E-state index contributed by atoms with van der Waals surface area (Å²) >= 11 is 0. The summed E-state index contributed by atoms with van der Waals surface area (Å²) in [5.74, 6) is 1.92. The van der Waals surface area contributed by atoms with Crippen LogP contribution in [0.15, 0.2) is 60.8 Å².